The number of rotatable bonds is 6. The molecule has 1 saturated carbocycles. The lowest BCUT2D eigenvalue weighted by atomic mass is 10.3. The van der Waals surface area contributed by atoms with Gasteiger partial charge in [-0.15, -0.1) is 0 Å². The monoisotopic (exact) mass is 304 g/mol. The summed E-state index contributed by atoms with van der Waals surface area (Å²) in [5.41, 5.74) is 0.661. The van der Waals surface area contributed by atoms with E-state index in [1.165, 1.54) is 0 Å². The largest absolute Gasteiger partial charge is 0.316 e. The van der Waals surface area contributed by atoms with Gasteiger partial charge >= 0.3 is 0 Å². The van der Waals surface area contributed by atoms with Crippen molar-refractivity contribution in [1.29, 1.82) is 0 Å². The maximum Gasteiger partial charge on any atom is 0.258 e. The van der Waals surface area contributed by atoms with Crippen LogP contribution in [-0.4, -0.2) is 43.2 Å². The highest BCUT2D eigenvalue weighted by Crippen LogP contribution is 2.29. The van der Waals surface area contributed by atoms with Crippen LogP contribution in [-0.2, 0) is 16.6 Å². The van der Waals surface area contributed by atoms with Crippen LogP contribution in [0.3, 0.4) is 0 Å². The molecule has 1 aliphatic rings. The molecule has 2 unspecified atom stereocenters. The fourth-order valence-corrected chi connectivity index (χ4v) is 4.60. The summed E-state index contributed by atoms with van der Waals surface area (Å²) in [4.78, 5) is 0. The van der Waals surface area contributed by atoms with E-state index in [1.807, 2.05) is 0 Å². The van der Waals surface area contributed by atoms with Crippen molar-refractivity contribution in [2.24, 2.45) is 0 Å². The number of nitrogens with one attached hydrogen (secondary N) is 3. The molecule has 0 aliphatic heterocycles. The van der Waals surface area contributed by atoms with E-state index >= 15 is 0 Å². The second-order valence-electron chi connectivity index (χ2n) is 4.74. The molecule has 2 atom stereocenters. The minimum atomic E-state index is -3.50. The van der Waals surface area contributed by atoms with E-state index in [4.69, 9.17) is 0 Å². The summed E-state index contributed by atoms with van der Waals surface area (Å²) >= 11 is 1.81. The molecule has 19 heavy (non-hydrogen) atoms. The van der Waals surface area contributed by atoms with Gasteiger partial charge < -0.3 is 5.32 Å². The maximum atomic E-state index is 12.3. The van der Waals surface area contributed by atoms with Crippen molar-refractivity contribution in [3.63, 3.8) is 0 Å². The Hall–Kier alpha value is -0.570. The lowest BCUT2D eigenvalue weighted by Crippen LogP contribution is -2.34. The molecule has 0 saturated heterocycles. The lowest BCUT2D eigenvalue weighted by Gasteiger charge is -2.13. The fourth-order valence-electron chi connectivity index (χ4n) is 2.39. The molecule has 0 amide bonds. The van der Waals surface area contributed by atoms with Crippen molar-refractivity contribution >= 4 is 21.8 Å². The maximum absolute atomic E-state index is 12.3. The predicted octanol–water partition coefficient (Wildman–Crippen LogP) is 0.692. The number of H-pyrrole nitrogens is 1. The normalized spacial score (nSPS) is 23.9. The van der Waals surface area contributed by atoms with Crippen molar-refractivity contribution in [2.45, 2.75) is 42.1 Å². The minimum Gasteiger partial charge on any atom is -0.316 e. The summed E-state index contributed by atoms with van der Waals surface area (Å²) in [5.74, 6) is 0. The molecule has 6 nitrogen and oxygen atoms in total. The second-order valence-corrected chi connectivity index (χ2v) is 7.53. The number of aromatic amines is 1. The first-order chi connectivity index (χ1) is 9.06. The van der Waals surface area contributed by atoms with Crippen LogP contribution in [0.5, 0.6) is 0 Å². The lowest BCUT2D eigenvalue weighted by molar-refractivity contribution is 0.547. The van der Waals surface area contributed by atoms with Crippen LogP contribution < -0.4 is 10.0 Å². The summed E-state index contributed by atoms with van der Waals surface area (Å²) in [6.45, 7) is 0.477. The highest BCUT2D eigenvalue weighted by molar-refractivity contribution is 7.99. The zero-order chi connectivity index (χ0) is 13.9. The van der Waals surface area contributed by atoms with E-state index in [0.717, 1.165) is 19.3 Å². The molecule has 8 heteroatoms. The number of sulfonamides is 1. The van der Waals surface area contributed by atoms with Crippen molar-refractivity contribution in [1.82, 2.24) is 20.2 Å². The first-order valence-corrected chi connectivity index (χ1v) is 9.06. The second kappa shape index (κ2) is 6.25. The molecule has 1 aliphatic carbocycles. The molecule has 1 heterocycles. The molecule has 0 aromatic carbocycles. The first-order valence-electron chi connectivity index (χ1n) is 6.28. The van der Waals surface area contributed by atoms with Gasteiger partial charge in [-0.05, 0) is 32.6 Å². The van der Waals surface area contributed by atoms with Gasteiger partial charge in [-0.2, -0.15) is 16.9 Å². The zero-order valence-corrected chi connectivity index (χ0v) is 12.8. The SMILES string of the molecule is CNCc1cn[nH]c1S(=O)(=O)NC1CCC(SC)C1. The average Bonchev–Trinajstić information content (AvgIpc) is 2.98. The van der Waals surface area contributed by atoms with E-state index in [-0.39, 0.29) is 11.1 Å². The molecule has 3 N–H and O–H groups in total. The number of thioether (sulfide) groups is 1. The number of hydrogen-bond acceptors (Lipinski definition) is 5. The van der Waals surface area contributed by atoms with E-state index in [2.05, 4.69) is 26.5 Å². The summed E-state index contributed by atoms with van der Waals surface area (Å²) < 4.78 is 27.4. The van der Waals surface area contributed by atoms with Gasteiger partial charge in [-0.3, -0.25) is 5.10 Å². The Kier molecular flexibility index (Phi) is 4.88. The molecule has 1 fully saturated rings. The van der Waals surface area contributed by atoms with Crippen molar-refractivity contribution in [2.75, 3.05) is 13.3 Å². The highest BCUT2D eigenvalue weighted by atomic mass is 32.2. The third-order valence-corrected chi connectivity index (χ3v) is 5.98. The Balaban J connectivity index is 2.08. The predicted molar refractivity (Wildman–Crippen MR) is 76.6 cm³/mol. The van der Waals surface area contributed by atoms with Crippen LogP contribution in [0.2, 0.25) is 0 Å². The van der Waals surface area contributed by atoms with Crippen LogP contribution in [0.1, 0.15) is 24.8 Å². The molecule has 0 spiro atoms. The van der Waals surface area contributed by atoms with Gasteiger partial charge in [0.05, 0.1) is 6.20 Å². The van der Waals surface area contributed by atoms with Gasteiger partial charge in [0, 0.05) is 23.4 Å². The van der Waals surface area contributed by atoms with Gasteiger partial charge in [0.2, 0.25) is 0 Å². The smallest absolute Gasteiger partial charge is 0.258 e. The van der Waals surface area contributed by atoms with E-state index in [0.29, 0.717) is 17.4 Å². The molecular formula is C11H20N4O2S2. The fraction of sp³-hybridized carbons (Fsp3) is 0.727. The summed E-state index contributed by atoms with van der Waals surface area (Å²) in [6, 6.07) is 0.0354. The van der Waals surface area contributed by atoms with Crippen LogP contribution >= 0.6 is 11.8 Å². The summed E-state index contributed by atoms with van der Waals surface area (Å²) in [5, 5.41) is 10.1. The Morgan fingerprint density at radius 2 is 2.32 bits per heavy atom. The van der Waals surface area contributed by atoms with Crippen LogP contribution in [0.15, 0.2) is 11.2 Å². The molecule has 1 aromatic heterocycles. The third kappa shape index (κ3) is 3.50. The topological polar surface area (TPSA) is 86.9 Å². The third-order valence-electron chi connectivity index (χ3n) is 3.35. The van der Waals surface area contributed by atoms with Gasteiger partial charge in [-0.25, -0.2) is 13.1 Å². The van der Waals surface area contributed by atoms with E-state index in [1.54, 1.807) is 25.0 Å². The quantitative estimate of drug-likeness (QED) is 0.720. The zero-order valence-electron chi connectivity index (χ0n) is 11.1. The Morgan fingerprint density at radius 3 is 2.95 bits per heavy atom. The van der Waals surface area contributed by atoms with E-state index < -0.39 is 10.0 Å². The summed E-state index contributed by atoms with van der Waals surface area (Å²) in [7, 11) is -1.73. The highest BCUT2D eigenvalue weighted by Gasteiger charge is 2.30. The Bertz CT molecular complexity index is 515. The van der Waals surface area contributed by atoms with Crippen LogP contribution in [0.25, 0.3) is 0 Å². The van der Waals surface area contributed by atoms with Crippen molar-refractivity contribution in [3.05, 3.63) is 11.8 Å². The van der Waals surface area contributed by atoms with Gasteiger partial charge in [0.1, 0.15) is 0 Å². The molecule has 0 bridgehead atoms. The van der Waals surface area contributed by atoms with Crippen molar-refractivity contribution < 1.29 is 8.42 Å². The standard InChI is InChI=1S/C11H20N4O2S2/c1-12-6-8-7-13-14-11(8)19(16,17)15-9-3-4-10(5-9)18-2/h7,9-10,12,15H,3-6H2,1-2H3,(H,13,14). The molecule has 0 radical (unpaired) electrons. The van der Waals surface area contributed by atoms with Gasteiger partial charge in [-0.1, -0.05) is 0 Å². The van der Waals surface area contributed by atoms with Crippen LogP contribution in [0, 0.1) is 0 Å². The average molecular weight is 304 g/mol. The van der Waals surface area contributed by atoms with Gasteiger partial charge in [0.25, 0.3) is 10.0 Å². The minimum absolute atomic E-state index is 0.0354. The molecule has 108 valence electrons. The van der Waals surface area contributed by atoms with Gasteiger partial charge in [0.15, 0.2) is 5.03 Å². The number of hydrogen-bond donors (Lipinski definition) is 3. The molecule has 1 aromatic rings. The number of aromatic nitrogens is 2. The summed E-state index contributed by atoms with van der Waals surface area (Å²) in [6.07, 6.45) is 6.49. The van der Waals surface area contributed by atoms with E-state index in [9.17, 15) is 8.42 Å². The Morgan fingerprint density at radius 1 is 1.53 bits per heavy atom. The molecular weight excluding hydrogens is 284 g/mol. The molecule has 2 rings (SSSR count). The number of nitrogens with zero attached hydrogens (tertiary/aromatic N) is 1. The van der Waals surface area contributed by atoms with Crippen LogP contribution in [0.4, 0.5) is 0 Å². The Labute approximate surface area is 118 Å². The first kappa shape index (κ1) is 14.8. The van der Waals surface area contributed by atoms with Crippen molar-refractivity contribution in [3.8, 4) is 0 Å².